The lowest BCUT2D eigenvalue weighted by atomic mass is 10.2. The normalized spacial score (nSPS) is 13.6. The molecule has 4 amide bonds. The molecule has 0 bridgehead atoms. The molecule has 326 valence electrons. The van der Waals surface area contributed by atoms with Crippen LogP contribution in [0.15, 0.2) is 10.3 Å². The summed E-state index contributed by atoms with van der Waals surface area (Å²) in [5.74, 6) is -6.37. The zero-order chi connectivity index (χ0) is 43.2. The predicted octanol–water partition coefficient (Wildman–Crippen LogP) is -8.96. The molecule has 0 aliphatic rings. The fraction of sp³-hybridized carbons (Fsp3) is 0.700. The number of amides is 4. The Morgan fingerprint density at radius 2 is 0.789 bits per heavy atom. The maximum absolute atomic E-state index is 12.5. The van der Waals surface area contributed by atoms with E-state index in [1.165, 1.54) is 14.7 Å². The number of carboxylic acids is 3. The van der Waals surface area contributed by atoms with Crippen LogP contribution < -0.4 is 21.3 Å². The molecule has 0 aliphatic heterocycles. The van der Waals surface area contributed by atoms with Gasteiger partial charge in [0.25, 0.3) is 11.8 Å². The summed E-state index contributed by atoms with van der Waals surface area (Å²) in [6.07, 6.45) is -4.45. The fourth-order valence-electron chi connectivity index (χ4n) is 4.08. The Morgan fingerprint density at radius 1 is 0.491 bits per heavy atom. The second-order valence-electron chi connectivity index (χ2n) is 11.8. The Morgan fingerprint density at radius 3 is 1.11 bits per heavy atom. The van der Waals surface area contributed by atoms with Gasteiger partial charge in [-0.3, -0.25) is 48.3 Å². The van der Waals surface area contributed by atoms with Gasteiger partial charge in [0.05, 0.1) is 58.4 Å². The average molecular weight is 828 g/mol. The van der Waals surface area contributed by atoms with Gasteiger partial charge in [-0.05, 0) is 0 Å². The minimum Gasteiger partial charge on any atom is -0.480 e. The molecule has 13 N–H and O–H groups in total. The monoisotopic (exact) mass is 827 g/mol. The molecule has 27 nitrogen and oxygen atoms in total. The molecule has 0 fully saturated rings. The van der Waals surface area contributed by atoms with Gasteiger partial charge in [-0.1, -0.05) is 10.3 Å². The summed E-state index contributed by atoms with van der Waals surface area (Å²) in [7, 11) is 0. The molecule has 0 heterocycles. The summed E-state index contributed by atoms with van der Waals surface area (Å²) in [6.45, 7) is -5.79. The first-order valence-corrected chi connectivity index (χ1v) is 17.1. The van der Waals surface area contributed by atoms with Crippen LogP contribution in [0.4, 0.5) is 0 Å². The van der Waals surface area contributed by atoms with Gasteiger partial charge >= 0.3 is 17.9 Å². The molecule has 0 aromatic heterocycles. The van der Waals surface area contributed by atoms with E-state index in [4.69, 9.17) is 10.2 Å². The Balaban J connectivity index is 4.87. The van der Waals surface area contributed by atoms with Crippen molar-refractivity contribution in [1.29, 1.82) is 0 Å². The Bertz CT molecular complexity index is 1220. The summed E-state index contributed by atoms with van der Waals surface area (Å²) in [4.78, 5) is 96.1. The number of aliphatic carboxylic acids is 3. The number of aliphatic hydroxyl groups is 6. The predicted molar refractivity (Wildman–Crippen MR) is 191 cm³/mol. The van der Waals surface area contributed by atoms with Crippen molar-refractivity contribution in [2.75, 3.05) is 112 Å². The van der Waals surface area contributed by atoms with Crippen molar-refractivity contribution in [2.24, 2.45) is 10.3 Å². The van der Waals surface area contributed by atoms with Gasteiger partial charge in [-0.2, -0.15) is 0 Å². The van der Waals surface area contributed by atoms with E-state index in [2.05, 4.69) is 41.3 Å². The Hall–Kier alpha value is -5.13. The van der Waals surface area contributed by atoms with Crippen LogP contribution in [0.2, 0.25) is 0 Å². The molecule has 0 radical (unpaired) electrons. The number of nitrogens with one attached hydrogen (secondary N) is 4. The van der Waals surface area contributed by atoms with Gasteiger partial charge in [-0.25, -0.2) is 0 Å². The molecular weight excluding hydrogens is 774 g/mol. The van der Waals surface area contributed by atoms with E-state index < -0.39 is 125 Å². The zero-order valence-electron chi connectivity index (χ0n) is 30.9. The number of carboxylic acid groups (broad SMARTS) is 3. The van der Waals surface area contributed by atoms with Crippen molar-refractivity contribution < 1.29 is 89.2 Å². The van der Waals surface area contributed by atoms with E-state index in [9.17, 15) is 69.3 Å². The molecule has 4 atom stereocenters. The first kappa shape index (κ1) is 51.9. The third kappa shape index (κ3) is 28.9. The number of carbonyl (C=O) groups is 7. The van der Waals surface area contributed by atoms with Crippen LogP contribution in [0.5, 0.6) is 0 Å². The first-order valence-electron chi connectivity index (χ1n) is 17.1. The number of oxime groups is 2. The van der Waals surface area contributed by atoms with E-state index in [0.717, 1.165) is 12.4 Å². The summed E-state index contributed by atoms with van der Waals surface area (Å²) in [6, 6.07) is 0. The van der Waals surface area contributed by atoms with Gasteiger partial charge < -0.3 is 76.9 Å². The molecule has 0 aliphatic carbocycles. The van der Waals surface area contributed by atoms with Gasteiger partial charge in [-0.15, -0.1) is 0 Å². The highest BCUT2D eigenvalue weighted by Gasteiger charge is 2.20. The van der Waals surface area contributed by atoms with Crippen molar-refractivity contribution in [2.45, 2.75) is 24.4 Å². The highest BCUT2D eigenvalue weighted by molar-refractivity contribution is 5.80. The summed E-state index contributed by atoms with van der Waals surface area (Å²) < 4.78 is 0. The lowest BCUT2D eigenvalue weighted by Gasteiger charge is -2.28. The molecule has 0 rings (SSSR count). The highest BCUT2D eigenvalue weighted by atomic mass is 16.6. The summed E-state index contributed by atoms with van der Waals surface area (Å²) in [5, 5.41) is 99.0. The molecule has 0 spiro atoms. The lowest BCUT2D eigenvalue weighted by molar-refractivity contribution is -0.141. The molecule has 0 saturated carbocycles. The Labute approximate surface area is 325 Å². The largest absolute Gasteiger partial charge is 0.480 e. The quantitative estimate of drug-likeness (QED) is 0.0163. The summed E-state index contributed by atoms with van der Waals surface area (Å²) >= 11 is 0. The van der Waals surface area contributed by atoms with Crippen LogP contribution in [-0.4, -0.2) is 251 Å². The van der Waals surface area contributed by atoms with E-state index in [1.807, 2.05) is 0 Å². The first-order chi connectivity index (χ1) is 27.0. The van der Waals surface area contributed by atoms with Gasteiger partial charge in [0, 0.05) is 52.4 Å². The summed E-state index contributed by atoms with van der Waals surface area (Å²) in [5.41, 5.74) is 0. The molecule has 57 heavy (non-hydrogen) atoms. The Kier molecular flexibility index (Phi) is 28.2. The minimum atomic E-state index is -1.52. The molecular formula is C30H53N9O18. The number of hydrogen-bond donors (Lipinski definition) is 13. The van der Waals surface area contributed by atoms with Gasteiger partial charge in [0.2, 0.25) is 11.8 Å². The fourth-order valence-corrected chi connectivity index (χ4v) is 4.08. The second-order valence-corrected chi connectivity index (χ2v) is 11.8. The molecule has 0 aromatic rings. The van der Waals surface area contributed by atoms with Crippen molar-refractivity contribution in [3.8, 4) is 0 Å². The number of nitrogens with zero attached hydrogens (tertiary/aromatic N) is 5. The van der Waals surface area contributed by atoms with Crippen molar-refractivity contribution in [3.05, 3.63) is 0 Å². The third-order valence-corrected chi connectivity index (χ3v) is 6.94. The number of carbonyl (C=O) groups excluding carboxylic acids is 4. The smallest absolute Gasteiger partial charge is 0.317 e. The maximum Gasteiger partial charge on any atom is 0.317 e. The standard InChI is InChI=1S/C30H53N9O18/c40-16-22(44)20(42)9-35-56-18-26(48)33-3-1-31-24(46)11-38(14-29(52)53)7-5-37(13-28(50)51)6-8-39(15-30(54)55)12-25(47)32-2-4-34-27(49)19-57-36-10-21(43)23(45)17-41/h9-10,20-23,40-45H,1-8,11-19H2,(H,31,46)(H,32,47)(H,33,48)(H,34,49)(H,50,51)(H,52,53)(H,54,55)/b35-9+,36-10+/t20?,21?,22-,23-/m0/s1. The van der Waals surface area contributed by atoms with Crippen LogP contribution >= 0.6 is 0 Å². The zero-order valence-corrected chi connectivity index (χ0v) is 30.9. The molecule has 0 saturated heterocycles. The van der Waals surface area contributed by atoms with Crippen molar-refractivity contribution in [1.82, 2.24) is 36.0 Å². The molecule has 2 unspecified atom stereocenters. The van der Waals surface area contributed by atoms with Crippen LogP contribution in [0.3, 0.4) is 0 Å². The third-order valence-electron chi connectivity index (χ3n) is 6.94. The van der Waals surface area contributed by atoms with Crippen LogP contribution in [0, 0.1) is 0 Å². The number of aliphatic hydroxyl groups excluding tert-OH is 6. The van der Waals surface area contributed by atoms with E-state index in [0.29, 0.717) is 0 Å². The SMILES string of the molecule is O=C(O)CN(CCN(CC(=O)O)CC(=O)NCCNC(=O)CO/N=C/C(O)[C@@H](O)CO)CCN(CC(=O)O)CC(=O)NCCNC(=O)CO/N=C/C(O)[C@@H](O)CO. The lowest BCUT2D eigenvalue weighted by Crippen LogP contribution is -2.48. The van der Waals surface area contributed by atoms with Gasteiger partial charge in [0.1, 0.15) is 24.4 Å². The van der Waals surface area contributed by atoms with Gasteiger partial charge in [0.15, 0.2) is 13.2 Å². The molecule has 0 aromatic carbocycles. The maximum atomic E-state index is 12.5. The van der Waals surface area contributed by atoms with Crippen LogP contribution in [-0.2, 0) is 43.2 Å². The van der Waals surface area contributed by atoms with E-state index >= 15 is 0 Å². The number of hydrogen-bond acceptors (Lipinski definition) is 20. The van der Waals surface area contributed by atoms with E-state index in [1.54, 1.807) is 0 Å². The van der Waals surface area contributed by atoms with Crippen LogP contribution in [0.1, 0.15) is 0 Å². The van der Waals surface area contributed by atoms with Crippen molar-refractivity contribution >= 4 is 54.0 Å². The van der Waals surface area contributed by atoms with E-state index in [-0.39, 0.29) is 52.4 Å². The second kappa shape index (κ2) is 31.0. The molecule has 27 heteroatoms. The number of rotatable bonds is 34. The van der Waals surface area contributed by atoms with Crippen molar-refractivity contribution in [3.63, 3.8) is 0 Å². The average Bonchev–Trinajstić information content (AvgIpc) is 3.14. The highest BCUT2D eigenvalue weighted by Crippen LogP contribution is 1.98. The minimum absolute atomic E-state index is 0.0596. The van der Waals surface area contributed by atoms with Crippen LogP contribution in [0.25, 0.3) is 0 Å². The topological polar surface area (TPSA) is 403 Å².